The first-order valence-electron chi connectivity index (χ1n) is 7.95. The molecule has 138 valence electrons. The molecule has 1 atom stereocenters. The van der Waals surface area contributed by atoms with Crippen LogP contribution >= 0.6 is 0 Å². The van der Waals surface area contributed by atoms with Gasteiger partial charge in [0.05, 0.1) is 6.04 Å². The lowest BCUT2D eigenvalue weighted by atomic mass is 10.0. The zero-order chi connectivity index (χ0) is 18.3. The predicted molar refractivity (Wildman–Crippen MR) is 85.2 cm³/mol. The van der Waals surface area contributed by atoms with Crippen LogP contribution in [0.15, 0.2) is 30.3 Å². The van der Waals surface area contributed by atoms with Crippen molar-refractivity contribution in [2.24, 2.45) is 0 Å². The Balaban J connectivity index is 1.83. The molecule has 6 nitrogen and oxygen atoms in total. The number of alkyl halides is 3. The van der Waals surface area contributed by atoms with Crippen LogP contribution in [0.25, 0.3) is 0 Å². The molecule has 1 aliphatic heterocycles. The van der Waals surface area contributed by atoms with Crippen molar-refractivity contribution >= 4 is 17.8 Å². The number of carbonyl (C=O) groups excluding carboxylic acids is 2. The third kappa shape index (κ3) is 6.52. The second kappa shape index (κ2) is 8.59. The Morgan fingerprint density at radius 1 is 1.20 bits per heavy atom. The number of nitrogens with zero attached hydrogens (tertiary/aromatic N) is 1. The number of halogens is 3. The van der Waals surface area contributed by atoms with Gasteiger partial charge in [-0.25, -0.2) is 9.59 Å². The fourth-order valence-corrected chi connectivity index (χ4v) is 2.59. The summed E-state index contributed by atoms with van der Waals surface area (Å²) in [7, 11) is 0. The van der Waals surface area contributed by atoms with E-state index in [0.717, 1.165) is 6.42 Å². The van der Waals surface area contributed by atoms with E-state index in [0.29, 0.717) is 25.1 Å². The third-order valence-electron chi connectivity index (χ3n) is 3.75. The summed E-state index contributed by atoms with van der Waals surface area (Å²) in [5, 5.41) is 5.27. The molecule has 0 spiro atoms. The summed E-state index contributed by atoms with van der Waals surface area (Å²) < 4.78 is 40.9. The summed E-state index contributed by atoms with van der Waals surface area (Å²) in [6.45, 7) is -1.17. The number of ether oxygens (including phenoxy) is 1. The van der Waals surface area contributed by atoms with Crippen molar-refractivity contribution in [3.05, 3.63) is 30.3 Å². The van der Waals surface area contributed by atoms with Gasteiger partial charge in [0.15, 0.2) is 6.61 Å². The third-order valence-corrected chi connectivity index (χ3v) is 3.75. The van der Waals surface area contributed by atoms with Crippen LogP contribution < -0.4 is 10.6 Å². The normalized spacial score (nSPS) is 17.7. The highest BCUT2D eigenvalue weighted by atomic mass is 19.4. The Bertz CT molecular complexity index is 581. The van der Waals surface area contributed by atoms with Crippen molar-refractivity contribution in [2.45, 2.75) is 31.5 Å². The number of carbonyl (C=O) groups is 2. The van der Waals surface area contributed by atoms with E-state index in [1.165, 1.54) is 4.90 Å². The summed E-state index contributed by atoms with van der Waals surface area (Å²) in [5.74, 6) is 0. The lowest BCUT2D eigenvalue weighted by Crippen LogP contribution is -2.50. The zero-order valence-corrected chi connectivity index (χ0v) is 13.5. The number of hydrogen-bond donors (Lipinski definition) is 2. The minimum atomic E-state index is -4.56. The first-order valence-corrected chi connectivity index (χ1v) is 7.95. The summed E-state index contributed by atoms with van der Waals surface area (Å²) in [6.07, 6.45) is -3.46. The lowest BCUT2D eigenvalue weighted by Gasteiger charge is -2.35. The van der Waals surface area contributed by atoms with E-state index in [2.05, 4.69) is 15.4 Å². The fraction of sp³-hybridized carbons (Fsp3) is 0.500. The van der Waals surface area contributed by atoms with Crippen LogP contribution in [-0.2, 0) is 4.74 Å². The number of para-hydroxylation sites is 1. The predicted octanol–water partition coefficient (Wildman–Crippen LogP) is 3.36. The quantitative estimate of drug-likeness (QED) is 0.866. The molecule has 3 amide bonds. The van der Waals surface area contributed by atoms with Crippen LogP contribution in [0, 0.1) is 0 Å². The van der Waals surface area contributed by atoms with Gasteiger partial charge in [-0.1, -0.05) is 18.2 Å². The maximum absolute atomic E-state index is 12.2. The standard InChI is InChI=1S/C16H20F3N3O3/c17-16(18,19)11-25-15(24)22-9-5-4-8-13(22)10-20-14(23)21-12-6-2-1-3-7-12/h1-3,6-7,13H,4-5,8-11H2,(H2,20,21,23). The van der Waals surface area contributed by atoms with Gasteiger partial charge in [0.1, 0.15) is 0 Å². The second-order valence-electron chi connectivity index (χ2n) is 5.71. The number of rotatable bonds is 4. The Morgan fingerprint density at radius 2 is 1.92 bits per heavy atom. The molecule has 9 heteroatoms. The van der Waals surface area contributed by atoms with E-state index in [9.17, 15) is 22.8 Å². The molecule has 25 heavy (non-hydrogen) atoms. The molecule has 1 aromatic rings. The summed E-state index contributed by atoms with van der Waals surface area (Å²) >= 11 is 0. The van der Waals surface area contributed by atoms with E-state index in [1.807, 2.05) is 6.07 Å². The topological polar surface area (TPSA) is 70.7 Å². The second-order valence-corrected chi connectivity index (χ2v) is 5.71. The number of nitrogens with one attached hydrogen (secondary N) is 2. The van der Waals surface area contributed by atoms with Crippen molar-refractivity contribution in [1.82, 2.24) is 10.2 Å². The van der Waals surface area contributed by atoms with Gasteiger partial charge in [0.25, 0.3) is 0 Å². The van der Waals surface area contributed by atoms with Crippen LogP contribution in [0.2, 0.25) is 0 Å². The minimum Gasteiger partial charge on any atom is -0.440 e. The smallest absolute Gasteiger partial charge is 0.422 e. The number of likely N-dealkylation sites (tertiary alicyclic amines) is 1. The Morgan fingerprint density at radius 3 is 2.60 bits per heavy atom. The van der Waals surface area contributed by atoms with Crippen LogP contribution in [0.5, 0.6) is 0 Å². The molecular formula is C16H20F3N3O3. The summed E-state index contributed by atoms with van der Waals surface area (Å²) in [5.41, 5.74) is 0.616. The highest BCUT2D eigenvalue weighted by Gasteiger charge is 2.33. The molecule has 0 aliphatic carbocycles. The summed E-state index contributed by atoms with van der Waals surface area (Å²) in [4.78, 5) is 25.0. The van der Waals surface area contributed by atoms with Gasteiger partial charge >= 0.3 is 18.3 Å². The Labute approximate surface area is 143 Å². The molecular weight excluding hydrogens is 339 g/mol. The Hall–Kier alpha value is -2.45. The molecule has 0 aromatic heterocycles. The molecule has 1 unspecified atom stereocenters. The monoisotopic (exact) mass is 359 g/mol. The van der Waals surface area contributed by atoms with Crippen molar-refractivity contribution in [2.75, 3.05) is 25.0 Å². The molecule has 2 N–H and O–H groups in total. The van der Waals surface area contributed by atoms with E-state index in [1.54, 1.807) is 24.3 Å². The minimum absolute atomic E-state index is 0.139. The van der Waals surface area contributed by atoms with Gasteiger partial charge in [0.2, 0.25) is 0 Å². The van der Waals surface area contributed by atoms with E-state index in [4.69, 9.17) is 0 Å². The number of benzene rings is 1. The molecule has 1 heterocycles. The fourth-order valence-electron chi connectivity index (χ4n) is 2.59. The number of urea groups is 1. The first-order chi connectivity index (χ1) is 11.8. The van der Waals surface area contributed by atoms with E-state index < -0.39 is 30.9 Å². The van der Waals surface area contributed by atoms with Gasteiger partial charge in [-0.15, -0.1) is 0 Å². The van der Waals surface area contributed by atoms with Gasteiger partial charge in [-0.2, -0.15) is 13.2 Å². The van der Waals surface area contributed by atoms with Crippen molar-refractivity contribution < 1.29 is 27.5 Å². The van der Waals surface area contributed by atoms with Crippen LogP contribution in [0.3, 0.4) is 0 Å². The van der Waals surface area contributed by atoms with Crippen LogP contribution in [0.1, 0.15) is 19.3 Å². The molecule has 1 fully saturated rings. The number of amides is 3. The average molecular weight is 359 g/mol. The van der Waals surface area contributed by atoms with E-state index in [-0.39, 0.29) is 6.54 Å². The number of hydrogen-bond acceptors (Lipinski definition) is 3. The molecule has 0 bridgehead atoms. The first kappa shape index (κ1) is 18.9. The Kier molecular flexibility index (Phi) is 6.49. The maximum Gasteiger partial charge on any atom is 0.422 e. The van der Waals surface area contributed by atoms with Gasteiger partial charge in [-0.05, 0) is 31.4 Å². The highest BCUT2D eigenvalue weighted by Crippen LogP contribution is 2.20. The lowest BCUT2D eigenvalue weighted by molar-refractivity contribution is -0.163. The molecule has 0 saturated carbocycles. The molecule has 0 radical (unpaired) electrons. The van der Waals surface area contributed by atoms with Crippen LogP contribution in [0.4, 0.5) is 28.4 Å². The van der Waals surface area contributed by atoms with E-state index >= 15 is 0 Å². The maximum atomic E-state index is 12.2. The van der Waals surface area contributed by atoms with Crippen molar-refractivity contribution in [3.8, 4) is 0 Å². The van der Waals surface area contributed by atoms with Gasteiger partial charge in [0, 0.05) is 18.8 Å². The highest BCUT2D eigenvalue weighted by molar-refractivity contribution is 5.89. The SMILES string of the molecule is O=C(NCC1CCCCN1C(=O)OCC(F)(F)F)Nc1ccccc1. The van der Waals surface area contributed by atoms with Gasteiger partial charge in [-0.3, -0.25) is 0 Å². The largest absolute Gasteiger partial charge is 0.440 e. The zero-order valence-electron chi connectivity index (χ0n) is 13.5. The number of anilines is 1. The van der Waals surface area contributed by atoms with Crippen molar-refractivity contribution in [3.63, 3.8) is 0 Å². The molecule has 1 saturated heterocycles. The molecule has 1 aromatic carbocycles. The molecule has 1 aliphatic rings. The van der Waals surface area contributed by atoms with Gasteiger partial charge < -0.3 is 20.3 Å². The summed E-state index contributed by atoms with van der Waals surface area (Å²) in [6, 6.07) is 7.97. The average Bonchev–Trinajstić information content (AvgIpc) is 2.58. The van der Waals surface area contributed by atoms with Crippen LogP contribution in [-0.4, -0.2) is 48.9 Å². The number of piperidine rings is 1. The van der Waals surface area contributed by atoms with Crippen molar-refractivity contribution in [1.29, 1.82) is 0 Å². The molecule has 2 rings (SSSR count).